The summed E-state index contributed by atoms with van der Waals surface area (Å²) < 4.78 is 6.06. The Morgan fingerprint density at radius 2 is 1.71 bits per heavy atom. The molecular formula is C43H55N5O7. The molecule has 0 aliphatic heterocycles. The SMILES string of the molecule is CN(CCCc1ccc(-c2ccccc2)c(N(C(=O)O)[C@H]2CC[C@H](N)CC2)c1)C(=O)CO[C@H]1CC[C@H](CNCC(O)c2ccc(O)c3[nH]c(=O)ccc23)CC1. The molecule has 2 saturated carbocycles. The van der Waals surface area contributed by atoms with E-state index in [1.165, 1.54) is 12.1 Å². The van der Waals surface area contributed by atoms with Gasteiger partial charge in [-0.2, -0.15) is 0 Å². The largest absolute Gasteiger partial charge is 0.506 e. The zero-order valence-corrected chi connectivity index (χ0v) is 31.7. The lowest BCUT2D eigenvalue weighted by molar-refractivity contribution is -0.137. The van der Waals surface area contributed by atoms with Crippen molar-refractivity contribution >= 4 is 28.6 Å². The highest BCUT2D eigenvalue weighted by molar-refractivity contribution is 5.94. The van der Waals surface area contributed by atoms with E-state index < -0.39 is 12.2 Å². The second kappa shape index (κ2) is 18.7. The Balaban J connectivity index is 0.936. The van der Waals surface area contributed by atoms with Crippen LogP contribution in [-0.4, -0.2) is 88.7 Å². The van der Waals surface area contributed by atoms with Gasteiger partial charge in [0.05, 0.1) is 23.4 Å². The zero-order valence-electron chi connectivity index (χ0n) is 31.7. The molecule has 4 aromatic rings. The summed E-state index contributed by atoms with van der Waals surface area (Å²) in [6, 6.07) is 22.1. The third-order valence-electron chi connectivity index (χ3n) is 11.4. The van der Waals surface area contributed by atoms with E-state index in [2.05, 4.69) is 16.4 Å². The minimum absolute atomic E-state index is 0.0309. The summed E-state index contributed by atoms with van der Waals surface area (Å²) in [6.07, 6.45) is 6.42. The van der Waals surface area contributed by atoms with Gasteiger partial charge in [0, 0.05) is 49.2 Å². The number of aromatic amines is 1. The number of aromatic nitrogens is 1. The van der Waals surface area contributed by atoms with Gasteiger partial charge < -0.3 is 41.0 Å². The number of hydrogen-bond acceptors (Lipinski definition) is 8. The number of aryl methyl sites for hydroxylation is 1. The lowest BCUT2D eigenvalue weighted by Gasteiger charge is -2.35. The lowest BCUT2D eigenvalue weighted by atomic mass is 9.87. The molecule has 2 amide bonds. The average molecular weight is 754 g/mol. The Labute approximate surface area is 322 Å². The highest BCUT2D eigenvalue weighted by atomic mass is 16.5. The van der Waals surface area contributed by atoms with Crippen LogP contribution in [0.1, 0.15) is 75.0 Å². The Morgan fingerprint density at radius 1 is 0.964 bits per heavy atom. The fourth-order valence-electron chi connectivity index (χ4n) is 8.14. The number of nitrogens with two attached hydrogens (primary N) is 1. The molecule has 3 aromatic carbocycles. The van der Waals surface area contributed by atoms with E-state index >= 15 is 0 Å². The molecule has 2 aliphatic rings. The summed E-state index contributed by atoms with van der Waals surface area (Å²) in [5.74, 6) is 0.341. The van der Waals surface area contributed by atoms with Crippen LogP contribution >= 0.6 is 0 Å². The van der Waals surface area contributed by atoms with Crippen molar-refractivity contribution in [2.45, 2.75) is 88.5 Å². The first-order chi connectivity index (χ1) is 26.6. The van der Waals surface area contributed by atoms with Gasteiger partial charge in [-0.25, -0.2) is 4.79 Å². The number of nitrogens with zero attached hydrogens (tertiary/aromatic N) is 2. The van der Waals surface area contributed by atoms with Gasteiger partial charge in [0.25, 0.3) is 0 Å². The number of nitrogens with one attached hydrogen (secondary N) is 2. The van der Waals surface area contributed by atoms with E-state index in [1.807, 2.05) is 42.5 Å². The number of aromatic hydroxyl groups is 1. The van der Waals surface area contributed by atoms with Crippen LogP contribution in [-0.2, 0) is 16.0 Å². The molecule has 0 saturated heterocycles. The average Bonchev–Trinajstić information content (AvgIpc) is 3.19. The van der Waals surface area contributed by atoms with Crippen LogP contribution in [0.5, 0.6) is 5.75 Å². The second-order valence-corrected chi connectivity index (χ2v) is 15.3. The summed E-state index contributed by atoms with van der Waals surface area (Å²) in [5, 5.41) is 35.4. The number of pyridine rings is 1. The monoisotopic (exact) mass is 753 g/mol. The number of hydrogen-bond donors (Lipinski definition) is 6. The molecule has 7 N–H and O–H groups in total. The highest BCUT2D eigenvalue weighted by Crippen LogP contribution is 2.37. The van der Waals surface area contributed by atoms with E-state index in [0.717, 1.165) is 81.0 Å². The number of benzene rings is 3. The zero-order chi connectivity index (χ0) is 38.9. The van der Waals surface area contributed by atoms with Crippen molar-refractivity contribution in [2.75, 3.05) is 38.2 Å². The number of H-pyrrole nitrogens is 1. The number of likely N-dealkylation sites (N-methyl/N-ethyl adjacent to an activating group) is 1. The molecule has 0 bridgehead atoms. The summed E-state index contributed by atoms with van der Waals surface area (Å²) in [6.45, 7) is 1.69. The van der Waals surface area contributed by atoms with Crippen LogP contribution in [0.3, 0.4) is 0 Å². The summed E-state index contributed by atoms with van der Waals surface area (Å²) in [5.41, 5.74) is 10.4. The van der Waals surface area contributed by atoms with E-state index in [9.17, 15) is 29.7 Å². The summed E-state index contributed by atoms with van der Waals surface area (Å²) in [7, 11) is 1.80. The number of phenolic OH excluding ortho intramolecular Hbond substituents is 1. The van der Waals surface area contributed by atoms with E-state index in [-0.39, 0.29) is 42.0 Å². The van der Waals surface area contributed by atoms with Crippen LogP contribution in [0.25, 0.3) is 22.0 Å². The number of aliphatic hydroxyl groups excluding tert-OH is 1. The van der Waals surface area contributed by atoms with Gasteiger partial charge in [0.2, 0.25) is 11.5 Å². The minimum atomic E-state index is -0.956. The van der Waals surface area contributed by atoms with Crippen molar-refractivity contribution in [1.82, 2.24) is 15.2 Å². The van der Waals surface area contributed by atoms with Gasteiger partial charge in [-0.15, -0.1) is 0 Å². The molecule has 294 valence electrons. The van der Waals surface area contributed by atoms with Crippen molar-refractivity contribution < 1.29 is 29.6 Å². The molecule has 2 aliphatic carbocycles. The normalized spacial score (nSPS) is 20.6. The number of carbonyl (C=O) groups excluding carboxylic acids is 1. The van der Waals surface area contributed by atoms with Gasteiger partial charge in [-0.1, -0.05) is 48.5 Å². The standard InChI is InChI=1S/C43H55N5O7/c1-47(23-5-6-28-11-18-34(30-7-3-2-4-8-30)37(24-28)48(43(53)54)32-14-12-31(44)13-15-32)41(52)27-55-33-16-9-29(10-17-33)25-45-26-39(50)35-19-21-38(49)42-36(35)20-22-40(51)46-42/h2-4,7-8,11,18-22,24,29,31-33,39,45,49-50H,5-6,9-10,12-17,23,25-27,44H2,1H3,(H,46,51)(H,53,54)/t29-,31-,32-,33-,39?. The molecule has 1 atom stereocenters. The molecule has 55 heavy (non-hydrogen) atoms. The predicted octanol–water partition coefficient (Wildman–Crippen LogP) is 5.94. The maximum absolute atomic E-state index is 13.0. The number of amides is 2. The molecule has 6 rings (SSSR count). The number of anilines is 1. The molecular weight excluding hydrogens is 699 g/mol. The molecule has 0 spiro atoms. The number of rotatable bonds is 15. The first-order valence-corrected chi connectivity index (χ1v) is 19.6. The summed E-state index contributed by atoms with van der Waals surface area (Å²) in [4.78, 5) is 43.3. The van der Waals surface area contributed by atoms with Gasteiger partial charge in [-0.05, 0) is 112 Å². The van der Waals surface area contributed by atoms with E-state index in [1.54, 1.807) is 29.0 Å². The predicted molar refractivity (Wildman–Crippen MR) is 214 cm³/mol. The van der Waals surface area contributed by atoms with Gasteiger partial charge in [-0.3, -0.25) is 14.5 Å². The molecule has 2 fully saturated rings. The second-order valence-electron chi connectivity index (χ2n) is 15.3. The van der Waals surface area contributed by atoms with Crippen molar-refractivity contribution in [3.63, 3.8) is 0 Å². The molecule has 1 aromatic heterocycles. The van der Waals surface area contributed by atoms with E-state index in [0.29, 0.717) is 47.6 Å². The van der Waals surface area contributed by atoms with Crippen LogP contribution in [0, 0.1) is 5.92 Å². The summed E-state index contributed by atoms with van der Waals surface area (Å²) >= 11 is 0. The smallest absolute Gasteiger partial charge is 0.412 e. The fraction of sp³-hybridized carbons (Fsp3) is 0.465. The first kappa shape index (κ1) is 39.9. The Kier molecular flexibility index (Phi) is 13.6. The molecule has 1 unspecified atom stereocenters. The number of fused-ring (bicyclic) bond motifs is 1. The van der Waals surface area contributed by atoms with Crippen molar-refractivity contribution in [3.8, 4) is 16.9 Å². The Morgan fingerprint density at radius 3 is 2.44 bits per heavy atom. The van der Waals surface area contributed by atoms with Crippen molar-refractivity contribution in [3.05, 3.63) is 94.3 Å². The number of carbonyl (C=O) groups is 2. The topological polar surface area (TPSA) is 181 Å². The molecule has 0 radical (unpaired) electrons. The number of ether oxygens (including phenoxy) is 1. The van der Waals surface area contributed by atoms with Crippen LogP contribution in [0.4, 0.5) is 10.5 Å². The fourth-order valence-corrected chi connectivity index (χ4v) is 8.14. The minimum Gasteiger partial charge on any atom is -0.506 e. The van der Waals surface area contributed by atoms with Crippen molar-refractivity contribution in [1.29, 1.82) is 0 Å². The molecule has 12 heteroatoms. The van der Waals surface area contributed by atoms with Crippen LogP contribution in [0.2, 0.25) is 0 Å². The maximum Gasteiger partial charge on any atom is 0.412 e. The Hall–Kier alpha value is -4.75. The van der Waals surface area contributed by atoms with Gasteiger partial charge in [0.1, 0.15) is 12.4 Å². The third-order valence-corrected chi connectivity index (χ3v) is 11.4. The molecule has 1 heterocycles. The lowest BCUT2D eigenvalue weighted by Crippen LogP contribution is -2.44. The third kappa shape index (κ3) is 10.3. The first-order valence-electron chi connectivity index (χ1n) is 19.6. The van der Waals surface area contributed by atoms with Crippen LogP contribution < -0.4 is 21.5 Å². The highest BCUT2D eigenvalue weighted by Gasteiger charge is 2.31. The number of aliphatic hydroxyl groups is 1. The van der Waals surface area contributed by atoms with Crippen molar-refractivity contribution in [2.24, 2.45) is 11.7 Å². The number of phenols is 1. The maximum atomic E-state index is 13.0. The van der Waals surface area contributed by atoms with E-state index in [4.69, 9.17) is 10.5 Å². The Bertz CT molecular complexity index is 1950. The quantitative estimate of drug-likeness (QED) is 0.0856. The number of carboxylic acid groups (broad SMARTS) is 1. The van der Waals surface area contributed by atoms with Gasteiger partial charge >= 0.3 is 6.09 Å². The molecule has 12 nitrogen and oxygen atoms in total. The van der Waals surface area contributed by atoms with Gasteiger partial charge in [0.15, 0.2) is 0 Å². The van der Waals surface area contributed by atoms with Crippen LogP contribution in [0.15, 0.2) is 77.6 Å².